The first-order valence-corrected chi connectivity index (χ1v) is 7.43. The lowest BCUT2D eigenvalue weighted by molar-refractivity contribution is 0.0981. The van der Waals surface area contributed by atoms with Crippen LogP contribution in [-0.2, 0) is 9.84 Å². The van der Waals surface area contributed by atoms with Gasteiger partial charge in [-0.3, -0.25) is 4.79 Å². The van der Waals surface area contributed by atoms with Crippen molar-refractivity contribution in [1.82, 2.24) is 0 Å². The molecule has 0 radical (unpaired) electrons. The van der Waals surface area contributed by atoms with Gasteiger partial charge in [-0.05, 0) is 25.0 Å². The molecule has 0 aliphatic heterocycles. The fraction of sp³-hybridized carbons (Fsp3) is 0.417. The second kappa shape index (κ2) is 5.31. The van der Waals surface area contributed by atoms with E-state index >= 15 is 0 Å². The van der Waals surface area contributed by atoms with E-state index in [4.69, 9.17) is 5.73 Å². The molecule has 0 fully saturated rings. The van der Waals surface area contributed by atoms with E-state index in [1.807, 2.05) is 0 Å². The van der Waals surface area contributed by atoms with Crippen molar-refractivity contribution < 1.29 is 13.2 Å². The second-order valence-electron chi connectivity index (χ2n) is 4.18. The van der Waals surface area contributed by atoms with Crippen molar-refractivity contribution in [1.29, 1.82) is 0 Å². The van der Waals surface area contributed by atoms with Crippen LogP contribution in [0.5, 0.6) is 0 Å². The summed E-state index contributed by atoms with van der Waals surface area (Å²) < 4.78 is 21.9. The lowest BCUT2D eigenvalue weighted by atomic mass is 10.0. The molecule has 0 amide bonds. The van der Waals surface area contributed by atoms with Crippen LogP contribution >= 0.6 is 0 Å². The second-order valence-corrected chi connectivity index (χ2v) is 6.44. The lowest BCUT2D eigenvalue weighted by Crippen LogP contribution is -2.08. The summed E-state index contributed by atoms with van der Waals surface area (Å²) in [6.45, 7) is 1.79. The zero-order chi connectivity index (χ0) is 13.1. The lowest BCUT2D eigenvalue weighted by Gasteiger charge is -2.06. The maximum Gasteiger partial charge on any atom is 0.163 e. The van der Waals surface area contributed by atoms with Gasteiger partial charge in [0.2, 0.25) is 0 Å². The molecule has 0 aliphatic carbocycles. The van der Waals surface area contributed by atoms with Gasteiger partial charge in [-0.1, -0.05) is 12.1 Å². The number of sulfone groups is 1. The number of ketones is 1. The van der Waals surface area contributed by atoms with E-state index in [2.05, 4.69) is 0 Å². The minimum absolute atomic E-state index is 0.0418. The van der Waals surface area contributed by atoms with E-state index in [0.29, 0.717) is 17.7 Å². The molecular formula is C12H17NO3S. The number of anilines is 1. The number of nitrogens with two attached hydrogens (primary N) is 1. The molecule has 0 spiro atoms. The maximum atomic E-state index is 11.9. The molecule has 0 saturated heterocycles. The zero-order valence-corrected chi connectivity index (χ0v) is 10.9. The normalized spacial score (nSPS) is 11.4. The minimum Gasteiger partial charge on any atom is -0.398 e. The fourth-order valence-corrected chi connectivity index (χ4v) is 2.25. The number of hydrogen-bond acceptors (Lipinski definition) is 4. The number of carbonyl (C=O) groups excluding carboxylic acids is 1. The van der Waals surface area contributed by atoms with Gasteiger partial charge in [0, 0.05) is 23.9 Å². The molecule has 94 valence electrons. The Bertz CT molecular complexity index is 521. The van der Waals surface area contributed by atoms with Crippen molar-refractivity contribution in [3.8, 4) is 0 Å². The highest BCUT2D eigenvalue weighted by molar-refractivity contribution is 7.90. The Kier molecular flexibility index (Phi) is 4.28. The number of nitrogen functional groups attached to an aromatic ring is 1. The Hall–Kier alpha value is -1.36. The molecule has 17 heavy (non-hydrogen) atoms. The molecule has 0 heterocycles. The largest absolute Gasteiger partial charge is 0.398 e. The molecule has 0 bridgehead atoms. The molecule has 1 rings (SSSR count). The maximum absolute atomic E-state index is 11.9. The SMILES string of the molecule is Cc1c(N)cccc1C(=O)CCCS(C)(=O)=O. The molecular weight excluding hydrogens is 238 g/mol. The summed E-state index contributed by atoms with van der Waals surface area (Å²) in [5.74, 6) is -0.0152. The number of rotatable bonds is 5. The molecule has 0 aromatic heterocycles. The molecule has 4 nitrogen and oxygen atoms in total. The van der Waals surface area contributed by atoms with Gasteiger partial charge in [-0.2, -0.15) is 0 Å². The molecule has 0 atom stereocenters. The third kappa shape index (κ3) is 4.19. The molecule has 0 aliphatic rings. The summed E-state index contributed by atoms with van der Waals surface area (Å²) >= 11 is 0. The van der Waals surface area contributed by atoms with Gasteiger partial charge >= 0.3 is 0 Å². The molecule has 1 aromatic rings. The van der Waals surface area contributed by atoms with Gasteiger partial charge in [0.25, 0.3) is 0 Å². The van der Waals surface area contributed by atoms with Crippen LogP contribution in [0.4, 0.5) is 5.69 Å². The highest BCUT2D eigenvalue weighted by Gasteiger charge is 2.11. The van der Waals surface area contributed by atoms with E-state index in [0.717, 1.165) is 5.56 Å². The van der Waals surface area contributed by atoms with Crippen molar-refractivity contribution in [2.75, 3.05) is 17.7 Å². The molecule has 0 saturated carbocycles. The fourth-order valence-electron chi connectivity index (χ4n) is 1.59. The average molecular weight is 255 g/mol. The van der Waals surface area contributed by atoms with Crippen LogP contribution in [0.1, 0.15) is 28.8 Å². The van der Waals surface area contributed by atoms with Gasteiger partial charge in [-0.25, -0.2) is 8.42 Å². The highest BCUT2D eigenvalue weighted by atomic mass is 32.2. The summed E-state index contributed by atoms with van der Waals surface area (Å²) in [7, 11) is -3.00. The van der Waals surface area contributed by atoms with E-state index in [1.54, 1.807) is 25.1 Å². The van der Waals surface area contributed by atoms with Gasteiger partial charge < -0.3 is 5.73 Å². The van der Waals surface area contributed by atoms with E-state index < -0.39 is 9.84 Å². The summed E-state index contributed by atoms with van der Waals surface area (Å²) in [6.07, 6.45) is 1.76. The van der Waals surface area contributed by atoms with E-state index in [1.165, 1.54) is 6.26 Å². The van der Waals surface area contributed by atoms with Crippen LogP contribution in [0, 0.1) is 6.92 Å². The zero-order valence-electron chi connectivity index (χ0n) is 10.1. The summed E-state index contributed by atoms with van der Waals surface area (Å²) in [5, 5.41) is 0. The average Bonchev–Trinajstić information content (AvgIpc) is 2.20. The first-order chi connectivity index (χ1) is 7.81. The van der Waals surface area contributed by atoms with Crippen molar-refractivity contribution in [2.45, 2.75) is 19.8 Å². The first-order valence-electron chi connectivity index (χ1n) is 5.37. The quantitative estimate of drug-likeness (QED) is 0.640. The Morgan fingerprint density at radius 3 is 2.59 bits per heavy atom. The highest BCUT2D eigenvalue weighted by Crippen LogP contribution is 2.17. The number of Topliss-reactive ketones (excluding diaryl/α,β-unsaturated/α-hetero) is 1. The van der Waals surface area contributed by atoms with Gasteiger partial charge in [0.15, 0.2) is 5.78 Å². The predicted molar refractivity (Wildman–Crippen MR) is 68.9 cm³/mol. The Morgan fingerprint density at radius 2 is 2.00 bits per heavy atom. The van der Waals surface area contributed by atoms with Crippen LogP contribution in [0.3, 0.4) is 0 Å². The minimum atomic E-state index is -3.00. The topological polar surface area (TPSA) is 77.2 Å². The number of hydrogen-bond donors (Lipinski definition) is 1. The van der Waals surface area contributed by atoms with Crippen LogP contribution < -0.4 is 5.73 Å². The van der Waals surface area contributed by atoms with Crippen LogP contribution in [-0.4, -0.2) is 26.2 Å². The number of benzene rings is 1. The van der Waals surface area contributed by atoms with E-state index in [9.17, 15) is 13.2 Å². The van der Waals surface area contributed by atoms with Crippen molar-refractivity contribution in [2.24, 2.45) is 0 Å². The third-order valence-electron chi connectivity index (χ3n) is 2.60. The summed E-state index contributed by atoms with van der Waals surface area (Å²) in [6, 6.07) is 5.18. The van der Waals surface area contributed by atoms with Crippen LogP contribution in [0.25, 0.3) is 0 Å². The van der Waals surface area contributed by atoms with Gasteiger partial charge in [0.1, 0.15) is 9.84 Å². The predicted octanol–water partition coefficient (Wildman–Crippen LogP) is 1.58. The van der Waals surface area contributed by atoms with E-state index in [-0.39, 0.29) is 18.0 Å². The summed E-state index contributed by atoms with van der Waals surface area (Å²) in [5.41, 5.74) is 7.63. The first kappa shape index (κ1) is 13.7. The Morgan fingerprint density at radius 1 is 1.35 bits per heavy atom. The van der Waals surface area contributed by atoms with Crippen LogP contribution in [0.2, 0.25) is 0 Å². The molecule has 0 unspecified atom stereocenters. The van der Waals surface area contributed by atoms with Gasteiger partial charge in [0.05, 0.1) is 5.75 Å². The van der Waals surface area contributed by atoms with Crippen molar-refractivity contribution in [3.05, 3.63) is 29.3 Å². The molecule has 5 heteroatoms. The standard InChI is InChI=1S/C12H17NO3S/c1-9-10(5-3-6-11(9)13)12(14)7-4-8-17(2,15)16/h3,5-6H,4,7-8,13H2,1-2H3. The van der Waals surface area contributed by atoms with Crippen molar-refractivity contribution in [3.63, 3.8) is 0 Å². The summed E-state index contributed by atoms with van der Waals surface area (Å²) in [4.78, 5) is 11.9. The third-order valence-corrected chi connectivity index (χ3v) is 3.63. The molecule has 2 N–H and O–H groups in total. The molecule has 1 aromatic carbocycles. The number of carbonyl (C=O) groups is 1. The van der Waals surface area contributed by atoms with Crippen molar-refractivity contribution >= 4 is 21.3 Å². The van der Waals surface area contributed by atoms with Gasteiger partial charge in [-0.15, -0.1) is 0 Å². The monoisotopic (exact) mass is 255 g/mol. The van der Waals surface area contributed by atoms with Crippen LogP contribution in [0.15, 0.2) is 18.2 Å². The Labute approximate surface area is 102 Å². The smallest absolute Gasteiger partial charge is 0.163 e. The Balaban J connectivity index is 2.68.